The largest absolute Gasteiger partial charge is 0.319 e. The van der Waals surface area contributed by atoms with E-state index in [2.05, 4.69) is 19.2 Å². The van der Waals surface area contributed by atoms with E-state index in [0.29, 0.717) is 30.1 Å². The van der Waals surface area contributed by atoms with Crippen LogP contribution in [0.5, 0.6) is 0 Å². The van der Waals surface area contributed by atoms with Crippen molar-refractivity contribution in [2.75, 3.05) is 13.6 Å². The Morgan fingerprint density at radius 2 is 1.81 bits per heavy atom. The van der Waals surface area contributed by atoms with Crippen molar-refractivity contribution in [2.24, 2.45) is 23.7 Å². The van der Waals surface area contributed by atoms with Crippen LogP contribution in [0.4, 0.5) is 8.78 Å². The highest BCUT2D eigenvalue weighted by molar-refractivity contribution is 5.20. The highest BCUT2D eigenvalue weighted by atomic mass is 19.1. The van der Waals surface area contributed by atoms with Gasteiger partial charge < -0.3 is 5.32 Å². The van der Waals surface area contributed by atoms with Crippen molar-refractivity contribution in [3.8, 4) is 0 Å². The van der Waals surface area contributed by atoms with Gasteiger partial charge >= 0.3 is 0 Å². The third-order valence-corrected chi connectivity index (χ3v) is 5.12. The standard InChI is InChI=1S/C18H27F2N/c1-12(2)13-7-8-14(11-21-3)15(9-13)10-16-17(19)5-4-6-18(16)20/h4-6,12-15,21H,7-11H2,1-3H3. The lowest BCUT2D eigenvalue weighted by molar-refractivity contribution is 0.144. The molecule has 0 radical (unpaired) electrons. The van der Waals surface area contributed by atoms with Crippen LogP contribution in [-0.2, 0) is 6.42 Å². The molecule has 3 atom stereocenters. The number of rotatable bonds is 5. The molecule has 0 aromatic heterocycles. The minimum atomic E-state index is -0.398. The van der Waals surface area contributed by atoms with Crippen LogP contribution in [0.3, 0.4) is 0 Å². The van der Waals surface area contributed by atoms with E-state index in [9.17, 15) is 8.78 Å². The molecule has 1 saturated carbocycles. The summed E-state index contributed by atoms with van der Waals surface area (Å²) in [5, 5.41) is 3.24. The lowest BCUT2D eigenvalue weighted by Gasteiger charge is -2.38. The predicted octanol–water partition coefficient (Wildman–Crippen LogP) is 4.42. The Bertz CT molecular complexity index is 438. The number of nitrogens with one attached hydrogen (secondary N) is 1. The molecule has 1 aromatic carbocycles. The lowest BCUT2D eigenvalue weighted by atomic mass is 9.68. The van der Waals surface area contributed by atoms with E-state index in [1.165, 1.54) is 24.6 Å². The van der Waals surface area contributed by atoms with Crippen LogP contribution < -0.4 is 5.32 Å². The van der Waals surface area contributed by atoms with Crippen molar-refractivity contribution in [2.45, 2.75) is 39.5 Å². The molecule has 0 aliphatic heterocycles. The van der Waals surface area contributed by atoms with E-state index in [4.69, 9.17) is 0 Å². The molecule has 1 aliphatic rings. The normalized spacial score (nSPS) is 26.3. The average Bonchev–Trinajstić information content (AvgIpc) is 2.44. The molecule has 118 valence electrons. The van der Waals surface area contributed by atoms with Crippen LogP contribution in [0.1, 0.15) is 38.7 Å². The summed E-state index contributed by atoms with van der Waals surface area (Å²) in [7, 11) is 1.95. The van der Waals surface area contributed by atoms with Gasteiger partial charge in [0.1, 0.15) is 11.6 Å². The van der Waals surface area contributed by atoms with Crippen molar-refractivity contribution >= 4 is 0 Å². The first-order valence-corrected chi connectivity index (χ1v) is 8.10. The van der Waals surface area contributed by atoms with Crippen LogP contribution in [0.25, 0.3) is 0 Å². The third kappa shape index (κ3) is 4.03. The number of hydrogen-bond acceptors (Lipinski definition) is 1. The monoisotopic (exact) mass is 295 g/mol. The van der Waals surface area contributed by atoms with E-state index in [0.717, 1.165) is 19.4 Å². The SMILES string of the molecule is CNCC1CCC(C(C)C)CC1Cc1c(F)cccc1F. The van der Waals surface area contributed by atoms with Gasteiger partial charge in [-0.15, -0.1) is 0 Å². The summed E-state index contributed by atoms with van der Waals surface area (Å²) >= 11 is 0. The summed E-state index contributed by atoms with van der Waals surface area (Å²) in [6.07, 6.45) is 4.00. The summed E-state index contributed by atoms with van der Waals surface area (Å²) < 4.78 is 27.8. The summed E-state index contributed by atoms with van der Waals surface area (Å²) in [6, 6.07) is 4.18. The first-order chi connectivity index (χ1) is 10.0. The van der Waals surface area contributed by atoms with E-state index in [-0.39, 0.29) is 5.56 Å². The van der Waals surface area contributed by atoms with Crippen molar-refractivity contribution in [3.05, 3.63) is 35.4 Å². The maximum absolute atomic E-state index is 13.9. The number of hydrogen-bond donors (Lipinski definition) is 1. The highest BCUT2D eigenvalue weighted by Crippen LogP contribution is 2.39. The Morgan fingerprint density at radius 1 is 1.14 bits per heavy atom. The second kappa shape index (κ2) is 7.35. The molecule has 1 aliphatic carbocycles. The number of halogens is 2. The average molecular weight is 295 g/mol. The van der Waals surface area contributed by atoms with Crippen LogP contribution in [0.2, 0.25) is 0 Å². The fraction of sp³-hybridized carbons (Fsp3) is 0.667. The van der Waals surface area contributed by atoms with Gasteiger partial charge in [0.2, 0.25) is 0 Å². The molecule has 1 N–H and O–H groups in total. The maximum Gasteiger partial charge on any atom is 0.129 e. The van der Waals surface area contributed by atoms with Crippen LogP contribution in [0.15, 0.2) is 18.2 Å². The highest BCUT2D eigenvalue weighted by Gasteiger charge is 2.32. The van der Waals surface area contributed by atoms with Crippen molar-refractivity contribution in [3.63, 3.8) is 0 Å². The van der Waals surface area contributed by atoms with Crippen LogP contribution >= 0.6 is 0 Å². The molecule has 0 spiro atoms. The Morgan fingerprint density at radius 3 is 2.38 bits per heavy atom. The van der Waals surface area contributed by atoms with E-state index < -0.39 is 11.6 Å². The molecule has 3 heteroatoms. The molecular weight excluding hydrogens is 268 g/mol. The van der Waals surface area contributed by atoms with Gasteiger partial charge in [0.25, 0.3) is 0 Å². The molecule has 1 fully saturated rings. The topological polar surface area (TPSA) is 12.0 Å². The van der Waals surface area contributed by atoms with E-state index in [1.807, 2.05) is 7.05 Å². The summed E-state index contributed by atoms with van der Waals surface area (Å²) in [6.45, 7) is 5.44. The minimum Gasteiger partial charge on any atom is -0.319 e. The molecule has 0 amide bonds. The second-order valence-electron chi connectivity index (χ2n) is 6.80. The number of benzene rings is 1. The van der Waals surface area contributed by atoms with Crippen molar-refractivity contribution < 1.29 is 8.78 Å². The molecule has 2 rings (SSSR count). The summed E-state index contributed by atoms with van der Waals surface area (Å²) in [5.41, 5.74) is 0.271. The molecule has 0 bridgehead atoms. The molecule has 0 saturated heterocycles. The molecule has 1 nitrogen and oxygen atoms in total. The van der Waals surface area contributed by atoms with E-state index >= 15 is 0 Å². The van der Waals surface area contributed by atoms with Gasteiger partial charge in [0.05, 0.1) is 0 Å². The second-order valence-corrected chi connectivity index (χ2v) is 6.80. The fourth-order valence-corrected chi connectivity index (χ4v) is 3.74. The Hall–Kier alpha value is -0.960. The molecular formula is C18H27F2N. The first-order valence-electron chi connectivity index (χ1n) is 8.10. The molecule has 1 aromatic rings. The molecule has 3 unspecified atom stereocenters. The van der Waals surface area contributed by atoms with Crippen LogP contribution in [0, 0.1) is 35.3 Å². The third-order valence-electron chi connectivity index (χ3n) is 5.12. The van der Waals surface area contributed by atoms with Gasteiger partial charge in [-0.3, -0.25) is 0 Å². The lowest BCUT2D eigenvalue weighted by Crippen LogP contribution is -2.34. The Labute approximate surface area is 127 Å². The fourth-order valence-electron chi connectivity index (χ4n) is 3.74. The smallest absolute Gasteiger partial charge is 0.129 e. The zero-order chi connectivity index (χ0) is 15.4. The van der Waals surface area contributed by atoms with Gasteiger partial charge in [0.15, 0.2) is 0 Å². The molecule has 0 heterocycles. The van der Waals surface area contributed by atoms with Gasteiger partial charge in [-0.05, 0) is 75.1 Å². The van der Waals surface area contributed by atoms with Gasteiger partial charge in [-0.25, -0.2) is 8.78 Å². The van der Waals surface area contributed by atoms with Gasteiger partial charge in [-0.2, -0.15) is 0 Å². The summed E-state index contributed by atoms with van der Waals surface area (Å²) in [5.74, 6) is 1.41. The molecule has 21 heavy (non-hydrogen) atoms. The van der Waals surface area contributed by atoms with Gasteiger partial charge in [-0.1, -0.05) is 19.9 Å². The Kier molecular flexibility index (Phi) is 5.74. The zero-order valence-electron chi connectivity index (χ0n) is 13.3. The minimum absolute atomic E-state index is 0.271. The zero-order valence-corrected chi connectivity index (χ0v) is 13.3. The Balaban J connectivity index is 2.16. The van der Waals surface area contributed by atoms with Gasteiger partial charge in [0, 0.05) is 5.56 Å². The maximum atomic E-state index is 13.9. The summed E-state index contributed by atoms with van der Waals surface area (Å²) in [4.78, 5) is 0. The predicted molar refractivity (Wildman–Crippen MR) is 83.1 cm³/mol. The van der Waals surface area contributed by atoms with Crippen molar-refractivity contribution in [1.29, 1.82) is 0 Å². The van der Waals surface area contributed by atoms with E-state index in [1.54, 1.807) is 0 Å². The quantitative estimate of drug-likeness (QED) is 0.848. The van der Waals surface area contributed by atoms with Crippen molar-refractivity contribution in [1.82, 2.24) is 5.32 Å². The van der Waals surface area contributed by atoms with Crippen LogP contribution in [-0.4, -0.2) is 13.6 Å². The first kappa shape index (κ1) is 16.4.